The minimum absolute atomic E-state index is 0.137. The number of hydrogen-bond acceptors (Lipinski definition) is 0. The maximum Gasteiger partial charge on any atom is 0.253 e. The van der Waals surface area contributed by atoms with Gasteiger partial charge in [-0.15, -0.1) is 0 Å². The van der Waals surface area contributed by atoms with Crippen LogP contribution in [0.15, 0.2) is 285 Å². The lowest BCUT2D eigenvalue weighted by Gasteiger charge is -2.35. The molecule has 21 rings (SSSR count). The molecule has 2 nitrogen and oxygen atoms in total. The summed E-state index contributed by atoms with van der Waals surface area (Å²) in [5, 5.41) is 28.0. The summed E-state index contributed by atoms with van der Waals surface area (Å²) < 4.78 is 5.31. The number of rotatable bonds is 3. The van der Waals surface area contributed by atoms with Crippen LogP contribution >= 0.6 is 0 Å². The van der Waals surface area contributed by atoms with Gasteiger partial charge >= 0.3 is 0 Å². The molecule has 19 aromatic rings. The van der Waals surface area contributed by atoms with E-state index in [9.17, 15) is 0 Å². The maximum atomic E-state index is 2.67. The molecule has 0 saturated heterocycles. The summed E-state index contributed by atoms with van der Waals surface area (Å²) in [5.74, 6) is 0. The van der Waals surface area contributed by atoms with Gasteiger partial charge in [0.1, 0.15) is 0 Å². The number of hydrogen-bond donors (Lipinski definition) is 0. The van der Waals surface area contributed by atoms with E-state index in [1.165, 1.54) is 202 Å². The highest BCUT2D eigenvalue weighted by atomic mass is 15.0. The summed E-state index contributed by atoms with van der Waals surface area (Å²) in [4.78, 5) is 0. The quantitative estimate of drug-likeness (QED) is 0.123. The largest absolute Gasteiger partial charge is 0.310 e. The number of benzene rings is 17. The molecule has 17 aromatic carbocycles. The van der Waals surface area contributed by atoms with Crippen molar-refractivity contribution in [1.29, 1.82) is 0 Å². The first-order valence-corrected chi connectivity index (χ1v) is 30.5. The van der Waals surface area contributed by atoms with Gasteiger partial charge in [-0.3, -0.25) is 0 Å². The first-order chi connectivity index (χ1) is 43.2. The SMILES string of the molecule is c1cc2c3c(c1)-n1c4ccc(-c5cc6ccccc6c6ccccc56)cc4c4cc5c6ccccc6c6ccccc6c5c(c41)B3c1cc(-c3cc4ccccc4c4ccccc34)cc3c4cc(-c5cc6ccccc6c6ccccc56)ccc4n-2c13. The summed E-state index contributed by atoms with van der Waals surface area (Å²) in [7, 11) is 0. The minimum Gasteiger partial charge on any atom is -0.310 e. The van der Waals surface area contributed by atoms with Crippen LogP contribution in [-0.2, 0) is 0 Å². The molecule has 2 aliphatic heterocycles. The predicted molar refractivity (Wildman–Crippen MR) is 374 cm³/mol. The van der Waals surface area contributed by atoms with Crippen molar-refractivity contribution in [3.8, 4) is 44.8 Å². The van der Waals surface area contributed by atoms with Gasteiger partial charge in [-0.1, -0.05) is 218 Å². The first-order valence-electron chi connectivity index (χ1n) is 30.5. The fraction of sp³-hybridized carbons (Fsp3) is 0. The Hall–Kier alpha value is -11.3. The highest BCUT2D eigenvalue weighted by Crippen LogP contribution is 2.48. The third-order valence-electron chi connectivity index (χ3n) is 20.4. The fourth-order valence-electron chi connectivity index (χ4n) is 16.8. The Morgan fingerprint density at radius 2 is 0.586 bits per heavy atom. The topological polar surface area (TPSA) is 9.86 Å². The molecule has 0 atom stereocenters. The van der Waals surface area contributed by atoms with Gasteiger partial charge in [0.15, 0.2) is 0 Å². The molecule has 0 radical (unpaired) electrons. The van der Waals surface area contributed by atoms with E-state index in [0.29, 0.717) is 0 Å². The second-order valence-corrected chi connectivity index (χ2v) is 24.5. The molecule has 396 valence electrons. The van der Waals surface area contributed by atoms with Crippen molar-refractivity contribution >= 4 is 164 Å². The third kappa shape index (κ3) is 6.00. The monoisotopic (exact) mass is 1090 g/mol. The zero-order chi connectivity index (χ0) is 56.3. The molecule has 0 aliphatic carbocycles. The van der Waals surface area contributed by atoms with E-state index in [-0.39, 0.29) is 6.71 Å². The van der Waals surface area contributed by atoms with Crippen LogP contribution in [0.2, 0.25) is 0 Å². The van der Waals surface area contributed by atoms with Crippen molar-refractivity contribution in [1.82, 2.24) is 9.13 Å². The Morgan fingerprint density at radius 3 is 1.08 bits per heavy atom. The van der Waals surface area contributed by atoms with Crippen LogP contribution < -0.4 is 16.4 Å². The standard InChI is InChI=1S/C84H47BN2/c1-4-21-54-48(18-1)40-67(62-29-11-7-24-57(54)62)51-36-38-76-70(43-51)73-45-53(69-42-50-20-3-6-23-56(50)59-26-9-13-31-64(59)69)46-75-83(73)86(76)78-34-17-35-79-81(78)85(75)82-80-66-33-16-15-28-61(66)60-27-10-14-32-65(60)72(80)47-74-71-44-52(37-39-77(71)87(79)84(74)82)68-41-49-19-2-5-22-55(49)58-25-8-12-30-63(58)68/h1-47H. The van der Waals surface area contributed by atoms with Crippen molar-refractivity contribution in [3.05, 3.63) is 285 Å². The third-order valence-corrected chi connectivity index (χ3v) is 20.4. The van der Waals surface area contributed by atoms with Gasteiger partial charge in [0, 0.05) is 38.4 Å². The van der Waals surface area contributed by atoms with E-state index < -0.39 is 0 Å². The van der Waals surface area contributed by atoms with Crippen molar-refractivity contribution < 1.29 is 0 Å². The lowest BCUT2D eigenvalue weighted by molar-refractivity contribution is 1.14. The molecule has 4 heterocycles. The van der Waals surface area contributed by atoms with Gasteiger partial charge < -0.3 is 9.13 Å². The summed E-state index contributed by atoms with van der Waals surface area (Å²) in [6.07, 6.45) is 0. The highest BCUT2D eigenvalue weighted by Gasteiger charge is 2.43. The van der Waals surface area contributed by atoms with Crippen molar-refractivity contribution in [2.45, 2.75) is 0 Å². The van der Waals surface area contributed by atoms with Crippen molar-refractivity contribution in [2.24, 2.45) is 0 Å². The lowest BCUT2D eigenvalue weighted by atomic mass is 9.33. The smallest absolute Gasteiger partial charge is 0.253 e. The van der Waals surface area contributed by atoms with E-state index in [4.69, 9.17) is 0 Å². The Kier molecular flexibility index (Phi) is 8.89. The lowest BCUT2D eigenvalue weighted by Crippen LogP contribution is -2.59. The Bertz CT molecular complexity index is 6390. The fourth-order valence-corrected chi connectivity index (χ4v) is 16.8. The van der Waals surface area contributed by atoms with Gasteiger partial charge in [-0.2, -0.15) is 0 Å². The second-order valence-electron chi connectivity index (χ2n) is 24.5. The summed E-state index contributed by atoms with van der Waals surface area (Å²) in [6.45, 7) is -0.137. The summed E-state index contributed by atoms with van der Waals surface area (Å²) >= 11 is 0. The molecule has 0 amide bonds. The molecule has 0 unspecified atom stereocenters. The van der Waals surface area contributed by atoms with Crippen molar-refractivity contribution in [2.75, 3.05) is 0 Å². The van der Waals surface area contributed by atoms with Crippen LogP contribution in [-0.4, -0.2) is 15.8 Å². The van der Waals surface area contributed by atoms with E-state index >= 15 is 0 Å². The molecule has 87 heavy (non-hydrogen) atoms. The predicted octanol–water partition coefficient (Wildman–Crippen LogP) is 20.4. The molecule has 0 bridgehead atoms. The van der Waals surface area contributed by atoms with Crippen LogP contribution in [0.4, 0.5) is 0 Å². The molecule has 2 aliphatic rings. The molecule has 3 heteroatoms. The Balaban J connectivity index is 0.936. The highest BCUT2D eigenvalue weighted by molar-refractivity contribution is 7.02. The second kappa shape index (κ2) is 16.8. The molecule has 0 fully saturated rings. The average Bonchev–Trinajstić information content (AvgIpc) is 1.60. The van der Waals surface area contributed by atoms with Gasteiger partial charge in [-0.25, -0.2) is 0 Å². The number of fused-ring (bicyclic) bond motifs is 26. The number of nitrogens with zero attached hydrogens (tertiary/aromatic N) is 2. The Morgan fingerprint density at radius 1 is 0.218 bits per heavy atom. The minimum atomic E-state index is -0.137. The first kappa shape index (κ1) is 46.2. The molecule has 2 aromatic heterocycles. The van der Waals surface area contributed by atoms with Gasteiger partial charge in [0.05, 0.1) is 16.6 Å². The average molecular weight is 1100 g/mol. The zero-order valence-corrected chi connectivity index (χ0v) is 47.1. The van der Waals surface area contributed by atoms with Crippen LogP contribution in [0.25, 0.3) is 185 Å². The van der Waals surface area contributed by atoms with Gasteiger partial charge in [0.2, 0.25) is 0 Å². The van der Waals surface area contributed by atoms with Gasteiger partial charge in [0.25, 0.3) is 6.71 Å². The van der Waals surface area contributed by atoms with E-state index in [0.717, 1.165) is 0 Å². The summed E-state index contributed by atoms with van der Waals surface area (Å²) in [5.41, 5.74) is 18.9. The molecule has 0 spiro atoms. The normalized spacial score (nSPS) is 12.8. The van der Waals surface area contributed by atoms with E-state index in [1.54, 1.807) is 0 Å². The summed E-state index contributed by atoms with van der Waals surface area (Å²) in [6, 6.07) is 109. The zero-order valence-electron chi connectivity index (χ0n) is 47.1. The Labute approximate surface area is 499 Å². The van der Waals surface area contributed by atoms with E-state index in [2.05, 4.69) is 294 Å². The molecule has 0 N–H and O–H groups in total. The van der Waals surface area contributed by atoms with Gasteiger partial charge in [-0.05, 0) is 213 Å². The van der Waals surface area contributed by atoms with Crippen molar-refractivity contribution in [3.63, 3.8) is 0 Å². The van der Waals surface area contributed by atoms with Crippen LogP contribution in [0.5, 0.6) is 0 Å². The van der Waals surface area contributed by atoms with Crippen LogP contribution in [0, 0.1) is 0 Å². The van der Waals surface area contributed by atoms with Crippen LogP contribution in [0.1, 0.15) is 0 Å². The molecular formula is C84H47BN2. The van der Waals surface area contributed by atoms with E-state index in [1.807, 2.05) is 0 Å². The number of aromatic nitrogens is 2. The van der Waals surface area contributed by atoms with Crippen LogP contribution in [0.3, 0.4) is 0 Å². The molecule has 0 saturated carbocycles. The molecular weight excluding hydrogens is 1050 g/mol. The maximum absolute atomic E-state index is 2.67.